The lowest BCUT2D eigenvalue weighted by molar-refractivity contribution is 0.0696. The molecule has 0 aliphatic rings. The maximum Gasteiger partial charge on any atom is 0.335 e. The predicted molar refractivity (Wildman–Crippen MR) is 50.9 cm³/mol. The van der Waals surface area contributed by atoms with E-state index in [-0.39, 0.29) is 6.04 Å². The predicted octanol–water partition coefficient (Wildman–Crippen LogP) is 1.67. The quantitative estimate of drug-likeness (QED) is 0.742. The Morgan fingerprint density at radius 2 is 2.23 bits per heavy atom. The first-order chi connectivity index (χ1) is 6.15. The number of hydrogen-bond acceptors (Lipinski definition) is 2. The van der Waals surface area contributed by atoms with Crippen LogP contribution in [0.5, 0.6) is 0 Å². The van der Waals surface area contributed by atoms with Crippen molar-refractivity contribution in [1.29, 1.82) is 0 Å². The van der Waals surface area contributed by atoms with Gasteiger partial charge in [0.05, 0.1) is 5.56 Å². The monoisotopic (exact) mass is 179 g/mol. The minimum atomic E-state index is -0.884. The number of carboxylic acids is 1. The zero-order valence-corrected chi connectivity index (χ0v) is 7.74. The van der Waals surface area contributed by atoms with Crippen molar-refractivity contribution in [3.8, 4) is 0 Å². The number of carbonyl (C=O) groups is 1. The number of hydrogen-bond donors (Lipinski definition) is 2. The number of benzene rings is 1. The molecule has 1 aromatic carbocycles. The molecule has 0 saturated carbocycles. The van der Waals surface area contributed by atoms with Crippen LogP contribution in [0.2, 0.25) is 0 Å². The Morgan fingerprint density at radius 1 is 1.54 bits per heavy atom. The summed E-state index contributed by atoms with van der Waals surface area (Å²) in [6.07, 6.45) is 0. The lowest BCUT2D eigenvalue weighted by Crippen LogP contribution is -2.12. The molecule has 3 heteroatoms. The van der Waals surface area contributed by atoms with Crippen molar-refractivity contribution in [2.24, 2.45) is 0 Å². The van der Waals surface area contributed by atoms with Crippen LogP contribution in [0.15, 0.2) is 24.3 Å². The maximum absolute atomic E-state index is 10.6. The van der Waals surface area contributed by atoms with Gasteiger partial charge in [-0.05, 0) is 31.7 Å². The normalized spacial score (nSPS) is 12.5. The lowest BCUT2D eigenvalue weighted by atomic mass is 10.1. The summed E-state index contributed by atoms with van der Waals surface area (Å²) in [6, 6.07) is 7.12. The van der Waals surface area contributed by atoms with Crippen LogP contribution in [0.25, 0.3) is 0 Å². The molecule has 0 spiro atoms. The fourth-order valence-electron chi connectivity index (χ4n) is 1.11. The van der Waals surface area contributed by atoms with Crippen molar-refractivity contribution in [2.75, 3.05) is 7.05 Å². The molecule has 1 atom stereocenters. The molecule has 0 heterocycles. The van der Waals surface area contributed by atoms with Gasteiger partial charge < -0.3 is 10.4 Å². The standard InChI is InChI=1S/C10H13NO2/c1-7(11-2)8-4-3-5-9(6-8)10(12)13/h3-7,11H,1-2H3,(H,12,13). The first-order valence-electron chi connectivity index (χ1n) is 4.15. The summed E-state index contributed by atoms with van der Waals surface area (Å²) < 4.78 is 0. The molecule has 1 unspecified atom stereocenters. The maximum atomic E-state index is 10.6. The summed E-state index contributed by atoms with van der Waals surface area (Å²) in [7, 11) is 1.85. The van der Waals surface area contributed by atoms with Crippen molar-refractivity contribution in [2.45, 2.75) is 13.0 Å². The molecular weight excluding hydrogens is 166 g/mol. The second-order valence-corrected chi connectivity index (χ2v) is 2.94. The minimum absolute atomic E-state index is 0.180. The topological polar surface area (TPSA) is 49.3 Å². The van der Waals surface area contributed by atoms with Gasteiger partial charge in [-0.3, -0.25) is 0 Å². The van der Waals surface area contributed by atoms with E-state index in [0.29, 0.717) is 5.56 Å². The third-order valence-electron chi connectivity index (χ3n) is 2.07. The first-order valence-corrected chi connectivity index (χ1v) is 4.15. The molecule has 13 heavy (non-hydrogen) atoms. The average molecular weight is 179 g/mol. The van der Waals surface area contributed by atoms with Gasteiger partial charge in [0.1, 0.15) is 0 Å². The van der Waals surface area contributed by atoms with Crippen LogP contribution in [-0.4, -0.2) is 18.1 Å². The van der Waals surface area contributed by atoms with E-state index in [2.05, 4.69) is 5.32 Å². The molecule has 1 aromatic rings. The second-order valence-electron chi connectivity index (χ2n) is 2.94. The number of nitrogens with one attached hydrogen (secondary N) is 1. The summed E-state index contributed by atoms with van der Waals surface area (Å²) in [6.45, 7) is 1.99. The van der Waals surface area contributed by atoms with Crippen LogP contribution in [0, 0.1) is 0 Å². The average Bonchev–Trinajstić information content (AvgIpc) is 2.17. The molecule has 0 radical (unpaired) electrons. The highest BCUT2D eigenvalue weighted by Crippen LogP contribution is 2.13. The zero-order chi connectivity index (χ0) is 9.84. The van der Waals surface area contributed by atoms with E-state index in [1.54, 1.807) is 18.2 Å². The van der Waals surface area contributed by atoms with Crippen molar-refractivity contribution >= 4 is 5.97 Å². The van der Waals surface area contributed by atoms with Gasteiger partial charge in [0.25, 0.3) is 0 Å². The summed E-state index contributed by atoms with van der Waals surface area (Å²) in [4.78, 5) is 10.6. The Bertz CT molecular complexity index is 310. The third kappa shape index (κ3) is 2.29. The second kappa shape index (κ2) is 4.05. The van der Waals surface area contributed by atoms with Gasteiger partial charge in [-0.15, -0.1) is 0 Å². The van der Waals surface area contributed by atoms with Gasteiger partial charge >= 0.3 is 5.97 Å². The minimum Gasteiger partial charge on any atom is -0.478 e. The highest BCUT2D eigenvalue weighted by atomic mass is 16.4. The Morgan fingerprint density at radius 3 is 2.77 bits per heavy atom. The summed E-state index contributed by atoms with van der Waals surface area (Å²) >= 11 is 0. The number of aromatic carboxylic acids is 1. The van der Waals surface area contributed by atoms with Crippen LogP contribution >= 0.6 is 0 Å². The van der Waals surface area contributed by atoms with E-state index in [1.165, 1.54) is 0 Å². The molecule has 0 aliphatic carbocycles. The van der Waals surface area contributed by atoms with Crippen molar-refractivity contribution in [1.82, 2.24) is 5.32 Å². The SMILES string of the molecule is CNC(C)c1cccc(C(=O)O)c1. The molecule has 1 rings (SSSR count). The van der Waals surface area contributed by atoms with E-state index >= 15 is 0 Å². The Balaban J connectivity index is 2.98. The Hall–Kier alpha value is -1.35. The zero-order valence-electron chi connectivity index (χ0n) is 7.74. The van der Waals surface area contributed by atoms with Crippen LogP contribution in [-0.2, 0) is 0 Å². The Labute approximate surface area is 77.4 Å². The van der Waals surface area contributed by atoms with Gasteiger partial charge in [0.15, 0.2) is 0 Å². The van der Waals surface area contributed by atoms with Gasteiger partial charge in [0, 0.05) is 6.04 Å². The highest BCUT2D eigenvalue weighted by Gasteiger charge is 2.06. The molecule has 70 valence electrons. The first kappa shape index (κ1) is 9.74. The third-order valence-corrected chi connectivity index (χ3v) is 2.07. The van der Waals surface area contributed by atoms with Crippen LogP contribution in [0.1, 0.15) is 28.9 Å². The molecule has 0 aromatic heterocycles. The van der Waals surface area contributed by atoms with Crippen LogP contribution in [0.3, 0.4) is 0 Å². The summed E-state index contributed by atoms with van der Waals surface area (Å²) in [5.74, 6) is -0.884. The van der Waals surface area contributed by atoms with Crippen molar-refractivity contribution < 1.29 is 9.90 Å². The summed E-state index contributed by atoms with van der Waals surface area (Å²) in [5, 5.41) is 11.8. The number of rotatable bonds is 3. The largest absolute Gasteiger partial charge is 0.478 e. The molecular formula is C10H13NO2. The summed E-state index contributed by atoms with van der Waals surface area (Å²) in [5.41, 5.74) is 1.32. The molecule has 3 nitrogen and oxygen atoms in total. The van der Waals surface area contributed by atoms with Gasteiger partial charge in [-0.25, -0.2) is 4.79 Å². The Kier molecular flexibility index (Phi) is 3.03. The van der Waals surface area contributed by atoms with Gasteiger partial charge in [0.2, 0.25) is 0 Å². The van der Waals surface area contributed by atoms with Crippen LogP contribution < -0.4 is 5.32 Å². The molecule has 0 aliphatic heterocycles. The van der Waals surface area contributed by atoms with Gasteiger partial charge in [-0.1, -0.05) is 12.1 Å². The fourth-order valence-corrected chi connectivity index (χ4v) is 1.11. The van der Waals surface area contributed by atoms with E-state index in [4.69, 9.17) is 5.11 Å². The van der Waals surface area contributed by atoms with Gasteiger partial charge in [-0.2, -0.15) is 0 Å². The van der Waals surface area contributed by atoms with E-state index in [9.17, 15) is 4.79 Å². The van der Waals surface area contributed by atoms with Crippen molar-refractivity contribution in [3.63, 3.8) is 0 Å². The number of carboxylic acid groups (broad SMARTS) is 1. The molecule has 0 fully saturated rings. The van der Waals surface area contributed by atoms with E-state index in [1.807, 2.05) is 20.0 Å². The van der Waals surface area contributed by atoms with Crippen molar-refractivity contribution in [3.05, 3.63) is 35.4 Å². The fraction of sp³-hybridized carbons (Fsp3) is 0.300. The smallest absolute Gasteiger partial charge is 0.335 e. The van der Waals surface area contributed by atoms with E-state index in [0.717, 1.165) is 5.56 Å². The van der Waals surface area contributed by atoms with E-state index < -0.39 is 5.97 Å². The molecule has 2 N–H and O–H groups in total. The molecule has 0 bridgehead atoms. The molecule has 0 amide bonds. The molecule has 0 saturated heterocycles. The highest BCUT2D eigenvalue weighted by molar-refractivity contribution is 5.87. The van der Waals surface area contributed by atoms with Crippen LogP contribution in [0.4, 0.5) is 0 Å². The lowest BCUT2D eigenvalue weighted by Gasteiger charge is -2.10.